The van der Waals surface area contributed by atoms with Gasteiger partial charge in [-0.15, -0.1) is 0 Å². The van der Waals surface area contributed by atoms with Crippen LogP contribution in [-0.2, 0) is 19.0 Å². The number of nitrogens with two attached hydrogens (primary N) is 1. The highest BCUT2D eigenvalue weighted by Gasteiger charge is 2.47. The Labute approximate surface area is 123 Å². The summed E-state index contributed by atoms with van der Waals surface area (Å²) in [5.41, 5.74) is 5.72. The van der Waals surface area contributed by atoms with Crippen LogP contribution in [0.2, 0.25) is 0 Å². The van der Waals surface area contributed by atoms with E-state index in [1.807, 2.05) is 13.8 Å². The maximum Gasteiger partial charge on any atom is 0.323 e. The van der Waals surface area contributed by atoms with Crippen LogP contribution in [0.1, 0.15) is 20.3 Å². The Kier molecular flexibility index (Phi) is 6.98. The SMILES string of the molecule is CO[C@H]1O[C@H](CO)[C@@H](O)[C@H](O)[C@H]1OC(=O)[C@@H](N)CC(C)C. The van der Waals surface area contributed by atoms with Crippen molar-refractivity contribution >= 4 is 5.97 Å². The zero-order chi connectivity index (χ0) is 16.2. The maximum atomic E-state index is 11.9. The van der Waals surface area contributed by atoms with Gasteiger partial charge >= 0.3 is 5.97 Å². The third kappa shape index (κ3) is 4.60. The predicted octanol–water partition coefficient (Wildman–Crippen LogP) is -1.64. The third-order valence-corrected chi connectivity index (χ3v) is 3.34. The van der Waals surface area contributed by atoms with E-state index in [-0.39, 0.29) is 5.92 Å². The fraction of sp³-hybridized carbons (Fsp3) is 0.923. The van der Waals surface area contributed by atoms with E-state index in [4.69, 9.17) is 25.1 Å². The lowest BCUT2D eigenvalue weighted by molar-refractivity contribution is -0.298. The van der Waals surface area contributed by atoms with Crippen LogP contribution in [0.4, 0.5) is 0 Å². The predicted molar refractivity (Wildman–Crippen MR) is 72.1 cm³/mol. The summed E-state index contributed by atoms with van der Waals surface area (Å²) in [6.07, 6.45) is -5.70. The molecule has 0 amide bonds. The molecule has 21 heavy (non-hydrogen) atoms. The normalized spacial score (nSPS) is 34.8. The molecule has 1 fully saturated rings. The Balaban J connectivity index is 2.72. The Morgan fingerprint density at radius 2 is 1.95 bits per heavy atom. The molecule has 1 saturated heterocycles. The number of carbonyl (C=O) groups excluding carboxylic acids is 1. The minimum absolute atomic E-state index is 0.211. The van der Waals surface area contributed by atoms with Crippen LogP contribution in [-0.4, -0.2) is 71.8 Å². The number of esters is 1. The van der Waals surface area contributed by atoms with E-state index in [1.165, 1.54) is 7.11 Å². The average Bonchev–Trinajstić information content (AvgIpc) is 2.43. The summed E-state index contributed by atoms with van der Waals surface area (Å²) in [5.74, 6) is -0.490. The molecule has 8 heteroatoms. The van der Waals surface area contributed by atoms with E-state index in [0.717, 1.165) is 0 Å². The van der Waals surface area contributed by atoms with Crippen molar-refractivity contribution in [2.24, 2.45) is 11.7 Å². The van der Waals surface area contributed by atoms with Gasteiger partial charge in [-0.05, 0) is 12.3 Å². The molecular formula is C13H25NO7. The van der Waals surface area contributed by atoms with Gasteiger partial charge in [0.15, 0.2) is 12.4 Å². The van der Waals surface area contributed by atoms with Crippen molar-refractivity contribution in [3.05, 3.63) is 0 Å². The molecule has 1 aliphatic heterocycles. The summed E-state index contributed by atoms with van der Waals surface area (Å²) in [6, 6.07) is -0.831. The summed E-state index contributed by atoms with van der Waals surface area (Å²) in [5, 5.41) is 28.9. The zero-order valence-corrected chi connectivity index (χ0v) is 12.5. The second-order valence-corrected chi connectivity index (χ2v) is 5.58. The molecule has 1 heterocycles. The summed E-state index contributed by atoms with van der Waals surface area (Å²) in [6.45, 7) is 3.34. The van der Waals surface area contributed by atoms with Crippen LogP contribution in [0.5, 0.6) is 0 Å². The number of hydrogen-bond acceptors (Lipinski definition) is 8. The molecule has 0 unspecified atom stereocenters. The molecule has 0 aromatic heterocycles. The highest BCUT2D eigenvalue weighted by atomic mass is 16.7. The summed E-state index contributed by atoms with van der Waals surface area (Å²) < 4.78 is 15.4. The van der Waals surface area contributed by atoms with Gasteiger partial charge < -0.3 is 35.3 Å². The molecule has 6 atom stereocenters. The number of carbonyl (C=O) groups is 1. The van der Waals surface area contributed by atoms with E-state index in [1.54, 1.807) is 0 Å². The number of ether oxygens (including phenoxy) is 3. The fourth-order valence-electron chi connectivity index (χ4n) is 2.20. The highest BCUT2D eigenvalue weighted by molar-refractivity contribution is 5.75. The Hall–Kier alpha value is -0.770. The lowest BCUT2D eigenvalue weighted by Crippen LogP contribution is -2.60. The molecule has 0 saturated carbocycles. The zero-order valence-electron chi connectivity index (χ0n) is 12.5. The molecule has 0 spiro atoms. The third-order valence-electron chi connectivity index (χ3n) is 3.34. The molecule has 8 nitrogen and oxygen atoms in total. The molecule has 0 aliphatic carbocycles. The van der Waals surface area contributed by atoms with Crippen molar-refractivity contribution in [2.75, 3.05) is 13.7 Å². The van der Waals surface area contributed by atoms with Crippen LogP contribution >= 0.6 is 0 Å². The first-order chi connectivity index (χ1) is 9.81. The minimum atomic E-state index is -1.43. The van der Waals surface area contributed by atoms with Gasteiger partial charge in [0.05, 0.1) is 6.61 Å². The molecule has 0 bridgehead atoms. The summed E-state index contributed by atoms with van der Waals surface area (Å²) in [7, 11) is 1.30. The number of methoxy groups -OCH3 is 1. The molecular weight excluding hydrogens is 282 g/mol. The maximum absolute atomic E-state index is 11.9. The lowest BCUT2D eigenvalue weighted by atomic mass is 9.99. The van der Waals surface area contributed by atoms with Crippen LogP contribution in [0, 0.1) is 5.92 Å². The lowest BCUT2D eigenvalue weighted by Gasteiger charge is -2.41. The van der Waals surface area contributed by atoms with Crippen LogP contribution < -0.4 is 5.73 Å². The van der Waals surface area contributed by atoms with E-state index in [9.17, 15) is 15.0 Å². The van der Waals surface area contributed by atoms with Gasteiger partial charge in [0, 0.05) is 7.11 Å². The van der Waals surface area contributed by atoms with Gasteiger partial charge in [-0.3, -0.25) is 4.79 Å². The molecule has 0 aromatic rings. The van der Waals surface area contributed by atoms with Crippen molar-refractivity contribution in [2.45, 2.75) is 57.0 Å². The monoisotopic (exact) mass is 307 g/mol. The minimum Gasteiger partial charge on any atom is -0.453 e. The van der Waals surface area contributed by atoms with Gasteiger partial charge in [0.2, 0.25) is 0 Å². The van der Waals surface area contributed by atoms with Gasteiger partial charge in [-0.25, -0.2) is 0 Å². The first-order valence-electron chi connectivity index (χ1n) is 6.93. The van der Waals surface area contributed by atoms with Crippen LogP contribution in [0.25, 0.3) is 0 Å². The molecule has 5 N–H and O–H groups in total. The summed E-state index contributed by atoms with van der Waals surface area (Å²) >= 11 is 0. The Morgan fingerprint density at radius 1 is 1.33 bits per heavy atom. The van der Waals surface area contributed by atoms with Gasteiger partial charge in [0.25, 0.3) is 0 Å². The van der Waals surface area contributed by atoms with Gasteiger partial charge in [-0.2, -0.15) is 0 Å². The van der Waals surface area contributed by atoms with Crippen LogP contribution in [0.15, 0.2) is 0 Å². The van der Waals surface area contributed by atoms with Crippen LogP contribution in [0.3, 0.4) is 0 Å². The molecule has 1 rings (SSSR count). The number of aliphatic hydroxyl groups excluding tert-OH is 3. The molecule has 0 radical (unpaired) electrons. The number of aliphatic hydroxyl groups is 3. The van der Waals surface area contributed by atoms with Crippen molar-refractivity contribution in [1.82, 2.24) is 0 Å². The fourth-order valence-corrected chi connectivity index (χ4v) is 2.20. The van der Waals surface area contributed by atoms with Crippen molar-refractivity contribution in [3.8, 4) is 0 Å². The van der Waals surface area contributed by atoms with Gasteiger partial charge in [0.1, 0.15) is 24.4 Å². The molecule has 124 valence electrons. The van der Waals surface area contributed by atoms with Crippen molar-refractivity contribution in [1.29, 1.82) is 0 Å². The van der Waals surface area contributed by atoms with Crippen molar-refractivity contribution in [3.63, 3.8) is 0 Å². The molecule has 0 aromatic carbocycles. The molecule has 1 aliphatic rings. The standard InChI is InChI=1S/C13H25NO7/c1-6(2)4-7(14)12(18)21-11-10(17)9(16)8(5-15)20-13(11)19-3/h6-11,13,15-17H,4-5,14H2,1-3H3/t7-,8+,9+,10-,11+,13-/m0/s1. The van der Waals surface area contributed by atoms with Crippen molar-refractivity contribution < 1.29 is 34.3 Å². The first-order valence-corrected chi connectivity index (χ1v) is 6.93. The van der Waals surface area contributed by atoms with E-state index in [0.29, 0.717) is 6.42 Å². The Bertz CT molecular complexity index is 336. The number of hydrogen-bond donors (Lipinski definition) is 4. The Morgan fingerprint density at radius 3 is 2.43 bits per heavy atom. The first kappa shape index (κ1) is 18.3. The average molecular weight is 307 g/mol. The second-order valence-electron chi connectivity index (χ2n) is 5.58. The van der Waals surface area contributed by atoms with E-state index in [2.05, 4.69) is 0 Å². The largest absolute Gasteiger partial charge is 0.453 e. The highest BCUT2D eigenvalue weighted by Crippen LogP contribution is 2.24. The van der Waals surface area contributed by atoms with E-state index < -0.39 is 49.3 Å². The van der Waals surface area contributed by atoms with E-state index >= 15 is 0 Å². The topological polar surface area (TPSA) is 131 Å². The summed E-state index contributed by atoms with van der Waals surface area (Å²) in [4.78, 5) is 11.9. The number of rotatable bonds is 6. The quantitative estimate of drug-likeness (QED) is 0.430. The second kappa shape index (κ2) is 8.02. The smallest absolute Gasteiger partial charge is 0.323 e. The van der Waals surface area contributed by atoms with Gasteiger partial charge in [-0.1, -0.05) is 13.8 Å².